The van der Waals surface area contributed by atoms with Gasteiger partial charge in [0.15, 0.2) is 0 Å². The van der Waals surface area contributed by atoms with Gasteiger partial charge in [-0.3, -0.25) is 0 Å². The van der Waals surface area contributed by atoms with Gasteiger partial charge in [0, 0.05) is 0 Å². The van der Waals surface area contributed by atoms with Crippen LogP contribution in [0.1, 0.15) is 44.7 Å². The Kier molecular flexibility index (Phi) is 3.85. The van der Waals surface area contributed by atoms with E-state index in [0.29, 0.717) is 5.92 Å². The second-order valence-corrected chi connectivity index (χ2v) is 5.34. The highest BCUT2D eigenvalue weighted by Gasteiger charge is 2.28. The van der Waals surface area contributed by atoms with E-state index in [0.717, 1.165) is 5.56 Å². The van der Waals surface area contributed by atoms with E-state index in [2.05, 4.69) is 38.6 Å². The van der Waals surface area contributed by atoms with Crippen LogP contribution in [0.15, 0.2) is 24.3 Å². The predicted octanol–water partition coefficient (Wildman–Crippen LogP) is 3.54. The van der Waals surface area contributed by atoms with Gasteiger partial charge in [-0.15, -0.1) is 12.6 Å². The second-order valence-electron chi connectivity index (χ2n) is 4.66. The molecule has 1 atom stereocenters. The Labute approximate surface area is 97.9 Å². The van der Waals surface area contributed by atoms with Crippen molar-refractivity contribution in [3.05, 3.63) is 35.4 Å². The Morgan fingerprint density at radius 3 is 1.87 bits per heavy atom. The monoisotopic (exact) mass is 224 g/mol. The van der Waals surface area contributed by atoms with Gasteiger partial charge < -0.3 is 5.11 Å². The molecule has 84 valence electrons. The summed E-state index contributed by atoms with van der Waals surface area (Å²) in [6, 6.07) is 8.04. The number of hydrogen-bond acceptors (Lipinski definition) is 2. The molecule has 0 saturated carbocycles. The smallest absolute Gasteiger partial charge is 0.135 e. The minimum Gasteiger partial charge on any atom is -0.375 e. The van der Waals surface area contributed by atoms with Crippen molar-refractivity contribution in [1.29, 1.82) is 0 Å². The van der Waals surface area contributed by atoms with Crippen molar-refractivity contribution in [2.45, 2.75) is 38.5 Å². The van der Waals surface area contributed by atoms with Gasteiger partial charge in [0.05, 0.1) is 0 Å². The molecule has 0 heterocycles. The van der Waals surface area contributed by atoms with Crippen LogP contribution in [-0.2, 0) is 4.93 Å². The molecule has 0 aliphatic carbocycles. The lowest BCUT2D eigenvalue weighted by Gasteiger charge is -2.27. The summed E-state index contributed by atoms with van der Waals surface area (Å²) in [5.41, 5.74) is 2.15. The molecule has 0 aromatic heterocycles. The first-order valence-electron chi connectivity index (χ1n) is 5.41. The first-order valence-corrected chi connectivity index (χ1v) is 5.85. The van der Waals surface area contributed by atoms with Crippen molar-refractivity contribution in [3.8, 4) is 0 Å². The number of rotatable bonds is 3. The maximum atomic E-state index is 10.2. The fourth-order valence-electron chi connectivity index (χ4n) is 1.45. The number of aliphatic hydroxyl groups is 1. The lowest BCUT2D eigenvalue weighted by atomic mass is 9.95. The van der Waals surface area contributed by atoms with Gasteiger partial charge in [-0.25, -0.2) is 0 Å². The average molecular weight is 224 g/mol. The van der Waals surface area contributed by atoms with Crippen LogP contribution in [0, 0.1) is 5.92 Å². The van der Waals surface area contributed by atoms with Crippen molar-refractivity contribution in [2.75, 3.05) is 0 Å². The van der Waals surface area contributed by atoms with Crippen LogP contribution in [0.3, 0.4) is 0 Å². The third-order valence-electron chi connectivity index (χ3n) is 2.81. The molecule has 0 spiro atoms. The second kappa shape index (κ2) is 4.58. The summed E-state index contributed by atoms with van der Waals surface area (Å²) < 4.78 is 0. The summed E-state index contributed by atoms with van der Waals surface area (Å²) >= 11 is 4.31. The highest BCUT2D eigenvalue weighted by Crippen LogP contribution is 2.33. The minimum absolute atomic E-state index is 0.0886. The standard InChI is InChI=1S/C13H20OS/c1-9(2)11-5-7-12(8-6-11)13(14,15)10(3)4/h5-10,14-15H,1-4H3. The zero-order chi connectivity index (χ0) is 11.6. The van der Waals surface area contributed by atoms with Crippen molar-refractivity contribution < 1.29 is 5.11 Å². The molecule has 1 N–H and O–H groups in total. The van der Waals surface area contributed by atoms with Crippen LogP contribution in [-0.4, -0.2) is 5.11 Å². The van der Waals surface area contributed by atoms with Crippen molar-refractivity contribution >= 4 is 12.6 Å². The van der Waals surface area contributed by atoms with E-state index in [-0.39, 0.29) is 5.92 Å². The van der Waals surface area contributed by atoms with Gasteiger partial charge in [-0.05, 0) is 23.0 Å². The molecule has 1 aromatic rings. The Hall–Kier alpha value is -0.470. The maximum absolute atomic E-state index is 10.2. The molecule has 1 aromatic carbocycles. The van der Waals surface area contributed by atoms with Crippen LogP contribution >= 0.6 is 12.6 Å². The third-order valence-corrected chi connectivity index (χ3v) is 3.58. The third kappa shape index (κ3) is 2.76. The zero-order valence-corrected chi connectivity index (χ0v) is 10.8. The molecule has 0 bridgehead atoms. The molecule has 1 rings (SSSR count). The summed E-state index contributed by atoms with van der Waals surface area (Å²) in [7, 11) is 0. The van der Waals surface area contributed by atoms with E-state index >= 15 is 0 Å². The molecule has 1 unspecified atom stereocenters. The van der Waals surface area contributed by atoms with Crippen molar-refractivity contribution in [2.24, 2.45) is 5.92 Å². The molecule has 15 heavy (non-hydrogen) atoms. The van der Waals surface area contributed by atoms with Crippen LogP contribution in [0.5, 0.6) is 0 Å². The van der Waals surface area contributed by atoms with Crippen molar-refractivity contribution in [3.63, 3.8) is 0 Å². The molecule has 2 heteroatoms. The Bertz CT molecular complexity index is 312. The largest absolute Gasteiger partial charge is 0.375 e. The summed E-state index contributed by atoms with van der Waals surface area (Å²) in [5, 5.41) is 10.2. The van der Waals surface area contributed by atoms with E-state index in [1.54, 1.807) is 0 Å². The number of hydrogen-bond donors (Lipinski definition) is 2. The molecular weight excluding hydrogens is 204 g/mol. The molecule has 0 saturated heterocycles. The SMILES string of the molecule is CC(C)c1ccc(C(O)(S)C(C)C)cc1. The Morgan fingerprint density at radius 1 is 1.07 bits per heavy atom. The predicted molar refractivity (Wildman–Crippen MR) is 68.3 cm³/mol. The topological polar surface area (TPSA) is 20.2 Å². The first kappa shape index (κ1) is 12.6. The molecule has 1 nitrogen and oxygen atoms in total. The van der Waals surface area contributed by atoms with E-state index in [1.807, 2.05) is 26.0 Å². The van der Waals surface area contributed by atoms with Gasteiger partial charge in [0.2, 0.25) is 0 Å². The molecule has 0 amide bonds. The van der Waals surface area contributed by atoms with Gasteiger partial charge in [0.1, 0.15) is 4.93 Å². The normalized spacial score (nSPS) is 15.7. The van der Waals surface area contributed by atoms with Crippen LogP contribution in [0.25, 0.3) is 0 Å². The lowest BCUT2D eigenvalue weighted by Crippen LogP contribution is -2.24. The minimum atomic E-state index is -1.03. The van der Waals surface area contributed by atoms with Gasteiger partial charge in [-0.2, -0.15) is 0 Å². The lowest BCUT2D eigenvalue weighted by molar-refractivity contribution is 0.0890. The quantitative estimate of drug-likeness (QED) is 0.594. The molecule has 0 fully saturated rings. The molecule has 0 radical (unpaired) electrons. The first-order chi connectivity index (χ1) is 6.85. The maximum Gasteiger partial charge on any atom is 0.135 e. The fourth-order valence-corrected chi connectivity index (χ4v) is 1.60. The average Bonchev–Trinajstić information content (AvgIpc) is 2.17. The summed E-state index contributed by atoms with van der Waals surface area (Å²) in [4.78, 5) is -1.03. The zero-order valence-electron chi connectivity index (χ0n) is 9.86. The Morgan fingerprint density at radius 2 is 1.53 bits per heavy atom. The van der Waals surface area contributed by atoms with Crippen LogP contribution < -0.4 is 0 Å². The summed E-state index contributed by atoms with van der Waals surface area (Å²) in [5.74, 6) is 0.608. The summed E-state index contributed by atoms with van der Waals surface area (Å²) in [6.07, 6.45) is 0. The van der Waals surface area contributed by atoms with E-state index in [4.69, 9.17) is 0 Å². The van der Waals surface area contributed by atoms with Gasteiger partial charge >= 0.3 is 0 Å². The fraction of sp³-hybridized carbons (Fsp3) is 0.538. The van der Waals surface area contributed by atoms with E-state index in [9.17, 15) is 5.11 Å². The highest BCUT2D eigenvalue weighted by molar-refractivity contribution is 7.81. The molecule has 0 aliphatic heterocycles. The highest BCUT2D eigenvalue weighted by atomic mass is 32.1. The van der Waals surface area contributed by atoms with Gasteiger partial charge in [0.25, 0.3) is 0 Å². The van der Waals surface area contributed by atoms with E-state index < -0.39 is 4.93 Å². The number of thiol groups is 1. The molecular formula is C13H20OS. The van der Waals surface area contributed by atoms with Crippen LogP contribution in [0.2, 0.25) is 0 Å². The van der Waals surface area contributed by atoms with Crippen molar-refractivity contribution in [1.82, 2.24) is 0 Å². The van der Waals surface area contributed by atoms with Crippen LogP contribution in [0.4, 0.5) is 0 Å². The number of benzene rings is 1. The Balaban J connectivity index is 2.98. The summed E-state index contributed by atoms with van der Waals surface area (Å²) in [6.45, 7) is 8.24. The van der Waals surface area contributed by atoms with Gasteiger partial charge in [-0.1, -0.05) is 52.0 Å². The molecule has 0 aliphatic rings. The van der Waals surface area contributed by atoms with E-state index in [1.165, 1.54) is 5.56 Å².